The Morgan fingerprint density at radius 3 is 2.89 bits per heavy atom. The van der Waals surface area contributed by atoms with Gasteiger partial charge in [0.2, 0.25) is 0 Å². The minimum atomic E-state index is 0.383. The molecule has 0 fully saturated rings. The van der Waals surface area contributed by atoms with Gasteiger partial charge in [-0.1, -0.05) is 25.1 Å². The van der Waals surface area contributed by atoms with Crippen molar-refractivity contribution >= 4 is 11.3 Å². The Hall–Kier alpha value is -1.39. The van der Waals surface area contributed by atoms with Crippen molar-refractivity contribution in [3.05, 3.63) is 45.9 Å². The zero-order valence-electron chi connectivity index (χ0n) is 10.7. The van der Waals surface area contributed by atoms with Gasteiger partial charge in [-0.3, -0.25) is 0 Å². The van der Waals surface area contributed by atoms with Crippen LogP contribution in [0.25, 0.3) is 0 Å². The van der Waals surface area contributed by atoms with E-state index < -0.39 is 0 Å². The number of hydrogen-bond acceptors (Lipinski definition) is 4. The van der Waals surface area contributed by atoms with Crippen molar-refractivity contribution in [2.45, 2.75) is 19.3 Å². The van der Waals surface area contributed by atoms with Gasteiger partial charge < -0.3 is 10.5 Å². The molecule has 2 rings (SSSR count). The summed E-state index contributed by atoms with van der Waals surface area (Å²) in [5.74, 6) is 1.30. The molecular weight excluding hydrogens is 244 g/mol. The first kappa shape index (κ1) is 13.1. The topological polar surface area (TPSA) is 48.1 Å². The van der Waals surface area contributed by atoms with Gasteiger partial charge in [0, 0.05) is 29.0 Å². The molecule has 0 aliphatic rings. The molecule has 1 unspecified atom stereocenters. The lowest BCUT2D eigenvalue weighted by atomic mass is 10.1. The lowest BCUT2D eigenvalue weighted by Crippen LogP contribution is -2.07. The first-order valence-electron chi connectivity index (χ1n) is 6.01. The second-order valence-electron chi connectivity index (χ2n) is 4.28. The zero-order valence-corrected chi connectivity index (χ0v) is 11.5. The number of aromatic nitrogens is 1. The Bertz CT molecular complexity index is 510. The van der Waals surface area contributed by atoms with E-state index in [9.17, 15) is 0 Å². The summed E-state index contributed by atoms with van der Waals surface area (Å²) >= 11 is 1.73. The van der Waals surface area contributed by atoms with Crippen LogP contribution in [0.4, 0.5) is 0 Å². The van der Waals surface area contributed by atoms with Crippen molar-refractivity contribution in [2.24, 2.45) is 5.73 Å². The van der Waals surface area contributed by atoms with Crippen LogP contribution in [-0.4, -0.2) is 18.6 Å². The average molecular weight is 262 g/mol. The van der Waals surface area contributed by atoms with E-state index in [-0.39, 0.29) is 0 Å². The highest BCUT2D eigenvalue weighted by atomic mass is 32.1. The summed E-state index contributed by atoms with van der Waals surface area (Å²) in [6, 6.07) is 8.06. The Labute approximate surface area is 112 Å². The number of thiazole rings is 1. The minimum Gasteiger partial charge on any atom is -0.496 e. The fraction of sp³-hybridized carbons (Fsp3) is 0.357. The normalized spacial score (nSPS) is 12.4. The highest BCUT2D eigenvalue weighted by Crippen LogP contribution is 2.26. The first-order chi connectivity index (χ1) is 8.74. The van der Waals surface area contributed by atoms with Crippen molar-refractivity contribution in [2.75, 3.05) is 13.7 Å². The molecule has 2 N–H and O–H groups in total. The largest absolute Gasteiger partial charge is 0.496 e. The number of nitrogens with zero attached hydrogens (tertiary/aromatic N) is 1. The summed E-state index contributed by atoms with van der Waals surface area (Å²) in [6.45, 7) is 2.79. The molecule has 0 spiro atoms. The average Bonchev–Trinajstić information content (AvgIpc) is 2.87. The van der Waals surface area contributed by atoms with Crippen molar-refractivity contribution in [3.8, 4) is 5.75 Å². The van der Waals surface area contributed by atoms with E-state index in [1.54, 1.807) is 18.4 Å². The number of hydrogen-bond donors (Lipinski definition) is 1. The molecule has 18 heavy (non-hydrogen) atoms. The van der Waals surface area contributed by atoms with E-state index in [1.165, 1.54) is 10.4 Å². The molecular formula is C14H18N2OS. The van der Waals surface area contributed by atoms with E-state index in [4.69, 9.17) is 10.5 Å². The van der Waals surface area contributed by atoms with Gasteiger partial charge in [-0.2, -0.15) is 0 Å². The van der Waals surface area contributed by atoms with E-state index in [2.05, 4.69) is 18.0 Å². The maximum absolute atomic E-state index is 5.67. The number of para-hydroxylation sites is 1. The third kappa shape index (κ3) is 2.89. The Kier molecular flexibility index (Phi) is 4.33. The van der Waals surface area contributed by atoms with Gasteiger partial charge in [-0.15, -0.1) is 11.3 Å². The maximum Gasteiger partial charge on any atom is 0.122 e. The first-order valence-corrected chi connectivity index (χ1v) is 6.82. The molecule has 0 saturated carbocycles. The van der Waals surface area contributed by atoms with Gasteiger partial charge in [0.15, 0.2) is 0 Å². The van der Waals surface area contributed by atoms with Crippen LogP contribution in [0.15, 0.2) is 30.5 Å². The molecule has 3 nitrogen and oxygen atoms in total. The van der Waals surface area contributed by atoms with E-state index >= 15 is 0 Å². The third-order valence-electron chi connectivity index (χ3n) is 2.94. The predicted octanol–water partition coefficient (Wildman–Crippen LogP) is 2.80. The summed E-state index contributed by atoms with van der Waals surface area (Å²) in [7, 11) is 1.70. The monoisotopic (exact) mass is 262 g/mol. The lowest BCUT2D eigenvalue weighted by molar-refractivity contribution is 0.410. The van der Waals surface area contributed by atoms with Crippen molar-refractivity contribution in [3.63, 3.8) is 0 Å². The standard InChI is InChI=1S/C14H18N2OS/c1-10(8-15)13-9-16-14(18-13)7-11-5-3-4-6-12(11)17-2/h3-6,9-10H,7-8,15H2,1-2H3. The van der Waals surface area contributed by atoms with Gasteiger partial charge in [0.05, 0.1) is 12.1 Å². The predicted molar refractivity (Wildman–Crippen MR) is 75.4 cm³/mol. The van der Waals surface area contributed by atoms with E-state index in [0.717, 1.165) is 17.2 Å². The second-order valence-corrected chi connectivity index (χ2v) is 5.43. The minimum absolute atomic E-state index is 0.383. The van der Waals surface area contributed by atoms with Crippen LogP contribution < -0.4 is 10.5 Å². The van der Waals surface area contributed by atoms with Crippen LogP contribution in [0.2, 0.25) is 0 Å². The number of nitrogens with two attached hydrogens (primary N) is 1. The summed E-state index contributed by atoms with van der Waals surface area (Å²) in [5, 5.41) is 1.11. The number of rotatable bonds is 5. The smallest absolute Gasteiger partial charge is 0.122 e. The summed E-state index contributed by atoms with van der Waals surface area (Å²) in [6.07, 6.45) is 2.75. The van der Waals surface area contributed by atoms with Crippen molar-refractivity contribution in [1.82, 2.24) is 4.98 Å². The third-order valence-corrected chi connectivity index (χ3v) is 4.17. The molecule has 0 bridgehead atoms. The molecule has 1 aromatic heterocycles. The van der Waals surface area contributed by atoms with Crippen molar-refractivity contribution in [1.29, 1.82) is 0 Å². The fourth-order valence-electron chi connectivity index (χ4n) is 1.76. The van der Waals surface area contributed by atoms with Crippen LogP contribution >= 0.6 is 11.3 Å². The Balaban J connectivity index is 2.16. The van der Waals surface area contributed by atoms with Gasteiger partial charge in [-0.25, -0.2) is 4.98 Å². The molecule has 2 aromatic rings. The molecule has 1 aromatic carbocycles. The molecule has 4 heteroatoms. The highest BCUT2D eigenvalue weighted by molar-refractivity contribution is 7.11. The van der Waals surface area contributed by atoms with Crippen LogP contribution in [0.3, 0.4) is 0 Å². The van der Waals surface area contributed by atoms with Gasteiger partial charge in [-0.05, 0) is 12.6 Å². The number of benzene rings is 1. The maximum atomic E-state index is 5.67. The van der Waals surface area contributed by atoms with E-state index in [0.29, 0.717) is 12.5 Å². The molecule has 96 valence electrons. The lowest BCUT2D eigenvalue weighted by Gasteiger charge is -2.06. The SMILES string of the molecule is COc1ccccc1Cc1ncc(C(C)CN)s1. The Morgan fingerprint density at radius 2 is 2.17 bits per heavy atom. The molecule has 0 amide bonds. The van der Waals surface area contributed by atoms with Gasteiger partial charge in [0.25, 0.3) is 0 Å². The molecule has 1 heterocycles. The van der Waals surface area contributed by atoms with Crippen LogP contribution in [-0.2, 0) is 6.42 Å². The molecule has 0 saturated heterocycles. The van der Waals surface area contributed by atoms with E-state index in [1.807, 2.05) is 24.4 Å². The van der Waals surface area contributed by atoms with Crippen LogP contribution in [0, 0.1) is 0 Å². The second kappa shape index (κ2) is 5.98. The van der Waals surface area contributed by atoms with Crippen LogP contribution in [0.5, 0.6) is 5.75 Å². The number of methoxy groups -OCH3 is 1. The Morgan fingerprint density at radius 1 is 1.39 bits per heavy atom. The highest BCUT2D eigenvalue weighted by Gasteiger charge is 2.10. The summed E-state index contributed by atoms with van der Waals surface area (Å²) in [4.78, 5) is 5.72. The quantitative estimate of drug-likeness (QED) is 0.901. The molecule has 0 aliphatic carbocycles. The summed E-state index contributed by atoms with van der Waals surface area (Å²) in [5.41, 5.74) is 6.84. The van der Waals surface area contributed by atoms with Crippen LogP contribution in [0.1, 0.15) is 28.3 Å². The summed E-state index contributed by atoms with van der Waals surface area (Å²) < 4.78 is 5.35. The molecule has 0 aliphatic heterocycles. The van der Waals surface area contributed by atoms with Gasteiger partial charge >= 0.3 is 0 Å². The van der Waals surface area contributed by atoms with Gasteiger partial charge in [0.1, 0.15) is 5.75 Å². The van der Waals surface area contributed by atoms with Crippen molar-refractivity contribution < 1.29 is 4.74 Å². The zero-order chi connectivity index (χ0) is 13.0. The molecule has 1 atom stereocenters. The number of ether oxygens (including phenoxy) is 1. The molecule has 0 radical (unpaired) electrons. The fourth-order valence-corrected chi connectivity index (χ4v) is 2.77.